The van der Waals surface area contributed by atoms with Gasteiger partial charge in [-0.25, -0.2) is 4.79 Å². The third-order valence-corrected chi connectivity index (χ3v) is 5.16. The minimum atomic E-state index is -0.704. The Morgan fingerprint density at radius 3 is 2.83 bits per heavy atom. The fraction of sp³-hybridized carbons (Fsp3) is 0.348. The number of nitrogens with zero attached hydrogens (tertiary/aromatic N) is 3. The maximum atomic E-state index is 12.4. The summed E-state index contributed by atoms with van der Waals surface area (Å²) in [6, 6.07) is 12.9. The Bertz CT molecular complexity index is 1010. The van der Waals surface area contributed by atoms with Crippen LogP contribution in [0.5, 0.6) is 0 Å². The first-order chi connectivity index (χ1) is 14.0. The Balaban J connectivity index is 1.74. The maximum Gasteiger partial charge on any atom is 0.349 e. The number of aryl methyl sites for hydroxylation is 1. The number of hydrogen-bond donors (Lipinski definition) is 0. The third kappa shape index (κ3) is 4.74. The lowest BCUT2D eigenvalue weighted by Gasteiger charge is -2.14. The number of carbonyl (C=O) groups excluding carboxylic acids is 1. The Morgan fingerprint density at radius 1 is 1.34 bits per heavy atom. The number of benzene rings is 1. The molecule has 0 saturated carbocycles. The summed E-state index contributed by atoms with van der Waals surface area (Å²) < 4.78 is 13.2. The SMILES string of the molecule is Cc1cc(/C=C(\C#N)C(=O)OCc2ccccc2C#N)c(C)n1C[C@@H]1CCCO1. The molecule has 29 heavy (non-hydrogen) atoms. The molecule has 0 bridgehead atoms. The van der Waals surface area contributed by atoms with Crippen LogP contribution in [0.2, 0.25) is 0 Å². The highest BCUT2D eigenvalue weighted by molar-refractivity contribution is 5.98. The van der Waals surface area contributed by atoms with E-state index in [1.54, 1.807) is 30.3 Å². The zero-order chi connectivity index (χ0) is 20.8. The van der Waals surface area contributed by atoms with E-state index >= 15 is 0 Å². The van der Waals surface area contributed by atoms with Gasteiger partial charge >= 0.3 is 5.97 Å². The van der Waals surface area contributed by atoms with Crippen LogP contribution in [-0.4, -0.2) is 23.2 Å². The molecule has 2 heterocycles. The zero-order valence-corrected chi connectivity index (χ0v) is 16.6. The second kappa shape index (κ2) is 9.23. The van der Waals surface area contributed by atoms with Crippen molar-refractivity contribution in [3.8, 4) is 12.1 Å². The second-order valence-electron chi connectivity index (χ2n) is 7.09. The van der Waals surface area contributed by atoms with Crippen LogP contribution < -0.4 is 0 Å². The molecule has 1 fully saturated rings. The van der Waals surface area contributed by atoms with E-state index in [1.165, 1.54) is 0 Å². The van der Waals surface area contributed by atoms with Gasteiger partial charge in [0.15, 0.2) is 0 Å². The topological polar surface area (TPSA) is 88.0 Å². The van der Waals surface area contributed by atoms with Gasteiger partial charge in [0.25, 0.3) is 0 Å². The summed E-state index contributed by atoms with van der Waals surface area (Å²) in [5.41, 5.74) is 3.82. The molecule has 1 atom stereocenters. The average molecular weight is 389 g/mol. The highest BCUT2D eigenvalue weighted by Gasteiger charge is 2.19. The standard InChI is InChI=1S/C23H23N3O3/c1-16-10-20(17(2)26(16)14-22-8-5-9-28-22)11-21(13-25)23(27)29-15-19-7-4-3-6-18(19)12-24/h3-4,6-7,10-11,22H,5,8-9,14-15H2,1-2H3/b21-11+/t22-/m0/s1. The van der Waals surface area contributed by atoms with Gasteiger partial charge in [-0.2, -0.15) is 10.5 Å². The summed E-state index contributed by atoms with van der Waals surface area (Å²) in [7, 11) is 0. The first kappa shape index (κ1) is 20.4. The van der Waals surface area contributed by atoms with Crippen LogP contribution in [0.4, 0.5) is 0 Å². The predicted octanol–water partition coefficient (Wildman–Crippen LogP) is 3.81. The highest BCUT2D eigenvalue weighted by Crippen LogP contribution is 2.22. The van der Waals surface area contributed by atoms with Crippen LogP contribution in [0.25, 0.3) is 6.08 Å². The Hall–Kier alpha value is -3.35. The minimum Gasteiger partial charge on any atom is -0.457 e. The molecule has 1 aliphatic rings. The molecule has 148 valence electrons. The average Bonchev–Trinajstić information content (AvgIpc) is 3.34. The normalized spacial score (nSPS) is 16.3. The monoisotopic (exact) mass is 389 g/mol. The summed E-state index contributed by atoms with van der Waals surface area (Å²) >= 11 is 0. The molecule has 0 amide bonds. The molecule has 0 spiro atoms. The van der Waals surface area contributed by atoms with Gasteiger partial charge in [0, 0.05) is 30.1 Å². The van der Waals surface area contributed by atoms with Crippen LogP contribution in [0, 0.1) is 36.5 Å². The number of aromatic nitrogens is 1. The molecule has 1 aromatic heterocycles. The van der Waals surface area contributed by atoms with Crippen molar-refractivity contribution in [1.82, 2.24) is 4.57 Å². The van der Waals surface area contributed by atoms with E-state index in [2.05, 4.69) is 10.6 Å². The summed E-state index contributed by atoms with van der Waals surface area (Å²) in [6.07, 6.45) is 3.89. The van der Waals surface area contributed by atoms with Gasteiger partial charge in [-0.15, -0.1) is 0 Å². The van der Waals surface area contributed by atoms with Gasteiger partial charge < -0.3 is 14.0 Å². The van der Waals surface area contributed by atoms with E-state index in [9.17, 15) is 10.1 Å². The third-order valence-electron chi connectivity index (χ3n) is 5.16. The molecular formula is C23H23N3O3. The number of rotatable bonds is 6. The molecular weight excluding hydrogens is 366 g/mol. The van der Waals surface area contributed by atoms with E-state index in [0.717, 1.165) is 42.9 Å². The molecule has 0 unspecified atom stereocenters. The molecule has 6 heteroatoms. The Morgan fingerprint density at radius 2 is 2.14 bits per heavy atom. The molecule has 0 radical (unpaired) electrons. The lowest BCUT2D eigenvalue weighted by Crippen LogP contribution is -2.16. The van der Waals surface area contributed by atoms with Gasteiger partial charge in [-0.1, -0.05) is 18.2 Å². The van der Waals surface area contributed by atoms with Gasteiger partial charge in [0.1, 0.15) is 18.2 Å². The Kier molecular flexibility index (Phi) is 6.49. The van der Waals surface area contributed by atoms with Crippen molar-refractivity contribution in [3.05, 3.63) is 64.0 Å². The van der Waals surface area contributed by atoms with E-state index < -0.39 is 5.97 Å². The minimum absolute atomic E-state index is 0.0559. The molecule has 6 nitrogen and oxygen atoms in total. The number of nitriles is 2. The van der Waals surface area contributed by atoms with Crippen LogP contribution in [0.1, 0.15) is 40.9 Å². The van der Waals surface area contributed by atoms with E-state index in [-0.39, 0.29) is 18.3 Å². The maximum absolute atomic E-state index is 12.4. The van der Waals surface area contributed by atoms with E-state index in [0.29, 0.717) is 11.1 Å². The molecule has 1 aliphatic heterocycles. The van der Waals surface area contributed by atoms with Crippen molar-refractivity contribution in [3.63, 3.8) is 0 Å². The molecule has 3 rings (SSSR count). The summed E-state index contributed by atoms with van der Waals surface area (Å²) in [5, 5.41) is 18.6. The number of carbonyl (C=O) groups is 1. The van der Waals surface area contributed by atoms with Crippen LogP contribution in [0.3, 0.4) is 0 Å². The van der Waals surface area contributed by atoms with E-state index in [1.807, 2.05) is 26.0 Å². The van der Waals surface area contributed by atoms with Crippen LogP contribution in [-0.2, 0) is 27.4 Å². The summed E-state index contributed by atoms with van der Waals surface area (Å²) in [5.74, 6) is -0.704. The Labute approximate surface area is 170 Å². The van der Waals surface area contributed by atoms with Crippen molar-refractivity contribution in [2.45, 2.75) is 45.9 Å². The van der Waals surface area contributed by atoms with Crippen molar-refractivity contribution >= 4 is 12.0 Å². The molecule has 0 aliphatic carbocycles. The predicted molar refractivity (Wildman–Crippen MR) is 107 cm³/mol. The highest BCUT2D eigenvalue weighted by atomic mass is 16.5. The number of ether oxygens (including phenoxy) is 2. The van der Waals surface area contributed by atoms with Crippen molar-refractivity contribution in [1.29, 1.82) is 10.5 Å². The molecule has 2 aromatic rings. The summed E-state index contributed by atoms with van der Waals surface area (Å²) in [6.45, 7) is 5.48. The van der Waals surface area contributed by atoms with Crippen molar-refractivity contribution < 1.29 is 14.3 Å². The van der Waals surface area contributed by atoms with Gasteiger partial charge in [-0.3, -0.25) is 0 Å². The fourth-order valence-electron chi connectivity index (χ4n) is 3.52. The molecule has 0 N–H and O–H groups in total. The van der Waals surface area contributed by atoms with E-state index in [4.69, 9.17) is 14.7 Å². The lowest BCUT2D eigenvalue weighted by molar-refractivity contribution is -0.139. The largest absolute Gasteiger partial charge is 0.457 e. The van der Waals surface area contributed by atoms with Gasteiger partial charge in [0.2, 0.25) is 0 Å². The molecule has 1 saturated heterocycles. The number of esters is 1. The molecule has 1 aromatic carbocycles. The number of hydrogen-bond acceptors (Lipinski definition) is 5. The van der Waals surface area contributed by atoms with Gasteiger partial charge in [0.05, 0.1) is 17.7 Å². The quantitative estimate of drug-likeness (QED) is 0.426. The smallest absolute Gasteiger partial charge is 0.349 e. The van der Waals surface area contributed by atoms with Crippen molar-refractivity contribution in [2.75, 3.05) is 6.61 Å². The summed E-state index contributed by atoms with van der Waals surface area (Å²) in [4.78, 5) is 12.4. The fourth-order valence-corrected chi connectivity index (χ4v) is 3.52. The van der Waals surface area contributed by atoms with Crippen LogP contribution in [0.15, 0.2) is 35.9 Å². The first-order valence-electron chi connectivity index (χ1n) is 9.58. The lowest BCUT2D eigenvalue weighted by atomic mass is 10.1. The zero-order valence-electron chi connectivity index (χ0n) is 16.6. The first-order valence-corrected chi connectivity index (χ1v) is 9.58. The van der Waals surface area contributed by atoms with Gasteiger partial charge in [-0.05, 0) is 50.5 Å². The van der Waals surface area contributed by atoms with Crippen LogP contribution >= 0.6 is 0 Å². The van der Waals surface area contributed by atoms with Crippen molar-refractivity contribution in [2.24, 2.45) is 0 Å². The second-order valence-corrected chi connectivity index (χ2v) is 7.09.